The Morgan fingerprint density at radius 2 is 1.03 bits per heavy atom. The van der Waals surface area contributed by atoms with E-state index in [4.69, 9.17) is 0 Å². The number of allylic oxidation sites excluding steroid dienone is 2. The van der Waals surface area contributed by atoms with Gasteiger partial charge in [0.05, 0.1) is 0 Å². The molecule has 0 aliphatic heterocycles. The van der Waals surface area contributed by atoms with Gasteiger partial charge in [-0.1, -0.05) is 125 Å². The first-order valence-corrected chi connectivity index (χ1v) is 14.3. The van der Waals surface area contributed by atoms with Crippen LogP contribution in [0.1, 0.15) is 75.6 Å². The molecule has 0 aromatic heterocycles. The summed E-state index contributed by atoms with van der Waals surface area (Å²) in [5.74, 6) is 2.28. The van der Waals surface area contributed by atoms with E-state index in [2.05, 4.69) is 103 Å². The van der Waals surface area contributed by atoms with Crippen molar-refractivity contribution in [3.05, 3.63) is 69.8 Å². The van der Waals surface area contributed by atoms with Crippen LogP contribution < -0.4 is 10.4 Å². The number of rotatable bonds is 4. The summed E-state index contributed by atoms with van der Waals surface area (Å²) in [6.07, 6.45) is 4.93. The molecule has 2 aliphatic carbocycles. The van der Waals surface area contributed by atoms with Crippen molar-refractivity contribution in [3.63, 3.8) is 0 Å². The van der Waals surface area contributed by atoms with Crippen molar-refractivity contribution in [2.24, 2.45) is 11.8 Å². The van der Waals surface area contributed by atoms with Gasteiger partial charge >= 0.3 is 0 Å². The number of fused-ring (bicyclic) bond motifs is 2. The Kier molecular flexibility index (Phi) is 5.02. The summed E-state index contributed by atoms with van der Waals surface area (Å²) in [4.78, 5) is 0. The first-order valence-electron chi connectivity index (χ1n) is 11.3. The molecule has 0 saturated carbocycles. The average Bonchev–Trinajstić information content (AvgIpc) is 3.19. The van der Waals surface area contributed by atoms with Crippen LogP contribution in [0.2, 0.25) is 13.1 Å². The van der Waals surface area contributed by atoms with E-state index >= 15 is 0 Å². The topological polar surface area (TPSA) is 0 Å². The van der Waals surface area contributed by atoms with Gasteiger partial charge in [-0.15, -0.1) is 0 Å². The number of benzene rings is 2. The molecule has 0 heterocycles. The molecule has 2 atom stereocenters. The molecule has 2 aromatic rings. The minimum Gasteiger partial charge on any atom is -0.0623 e. The van der Waals surface area contributed by atoms with Gasteiger partial charge in [0, 0.05) is 11.8 Å². The molecule has 4 rings (SSSR count). The molecule has 1 heteroatoms. The van der Waals surface area contributed by atoms with E-state index in [-0.39, 0.29) is 0 Å². The molecule has 29 heavy (non-hydrogen) atoms. The molecular weight excluding hydrogens is 364 g/mol. The Morgan fingerprint density at radius 3 is 1.38 bits per heavy atom. The zero-order chi connectivity index (χ0) is 21.1. The maximum Gasteiger partial charge on any atom is 0.113 e. The van der Waals surface area contributed by atoms with Crippen LogP contribution in [-0.2, 0) is 0 Å². The van der Waals surface area contributed by atoms with Crippen molar-refractivity contribution in [1.82, 2.24) is 0 Å². The number of hydrogen-bond acceptors (Lipinski definition) is 0. The van der Waals surface area contributed by atoms with E-state index in [1.807, 2.05) is 0 Å². The summed E-state index contributed by atoms with van der Waals surface area (Å²) in [6.45, 7) is 19.3. The van der Waals surface area contributed by atoms with Crippen LogP contribution in [-0.4, -0.2) is 8.07 Å². The Labute approximate surface area is 178 Å². The third-order valence-corrected chi connectivity index (χ3v) is 11.0. The van der Waals surface area contributed by atoms with E-state index in [0.29, 0.717) is 23.7 Å². The van der Waals surface area contributed by atoms with Gasteiger partial charge in [0.15, 0.2) is 0 Å². The Bertz CT molecular complexity index is 935. The highest BCUT2D eigenvalue weighted by Crippen LogP contribution is 2.41. The Balaban J connectivity index is 1.85. The summed E-state index contributed by atoms with van der Waals surface area (Å²) < 4.78 is 0. The van der Waals surface area contributed by atoms with Crippen LogP contribution in [0.3, 0.4) is 0 Å². The van der Waals surface area contributed by atoms with Crippen LogP contribution >= 0.6 is 0 Å². The van der Waals surface area contributed by atoms with Crippen LogP contribution in [0.15, 0.2) is 47.5 Å². The molecule has 0 amide bonds. The van der Waals surface area contributed by atoms with Gasteiger partial charge < -0.3 is 0 Å². The fraction of sp³-hybridized carbons (Fsp3) is 0.429. The fourth-order valence-corrected chi connectivity index (χ4v) is 9.28. The second-order valence-electron chi connectivity index (χ2n) is 10.3. The van der Waals surface area contributed by atoms with Gasteiger partial charge in [-0.2, -0.15) is 0 Å². The molecule has 2 aliphatic rings. The lowest BCUT2D eigenvalue weighted by atomic mass is 9.91. The minimum atomic E-state index is -1.85. The summed E-state index contributed by atoms with van der Waals surface area (Å²) in [7, 11) is -1.85. The molecular formula is C28H36Si. The standard InChI is InChI=1S/C28H36Si/c1-17(2)23-15-21-11-9-13-25(27(21)19(23)5)29(7,8)26-14-10-12-22-16-24(18(3)4)20(6)28(22)26/h9-20H,1-8H3. The van der Waals surface area contributed by atoms with E-state index < -0.39 is 8.07 Å². The molecule has 2 aromatic carbocycles. The number of hydrogen-bond donors (Lipinski definition) is 0. The Hall–Kier alpha value is -1.86. The molecule has 0 nitrogen and oxygen atoms in total. The van der Waals surface area contributed by atoms with E-state index in [9.17, 15) is 0 Å². The lowest BCUT2D eigenvalue weighted by Gasteiger charge is -2.32. The van der Waals surface area contributed by atoms with E-state index in [0.717, 1.165) is 0 Å². The maximum atomic E-state index is 2.57. The average molecular weight is 401 g/mol. The monoisotopic (exact) mass is 400 g/mol. The summed E-state index contributed by atoms with van der Waals surface area (Å²) in [6, 6.07) is 14.1. The van der Waals surface area contributed by atoms with E-state index in [1.165, 1.54) is 11.1 Å². The quantitative estimate of drug-likeness (QED) is 0.494. The maximum absolute atomic E-state index is 2.57. The zero-order valence-corrected chi connectivity index (χ0v) is 20.4. The fourth-order valence-electron chi connectivity index (χ4n) is 5.90. The van der Waals surface area contributed by atoms with Crippen LogP contribution in [0.25, 0.3) is 12.2 Å². The minimum absolute atomic E-state index is 0.534. The molecule has 0 spiro atoms. The molecule has 0 radical (unpaired) electrons. The third kappa shape index (κ3) is 3.10. The second kappa shape index (κ2) is 7.13. The predicted octanol–water partition coefficient (Wildman–Crippen LogP) is 6.82. The first kappa shape index (κ1) is 20.4. The smallest absolute Gasteiger partial charge is 0.0623 e. The van der Waals surface area contributed by atoms with Crippen LogP contribution in [0.5, 0.6) is 0 Å². The molecule has 152 valence electrons. The van der Waals surface area contributed by atoms with Gasteiger partial charge in [-0.05, 0) is 34.1 Å². The highest BCUT2D eigenvalue weighted by atomic mass is 28.3. The van der Waals surface area contributed by atoms with Gasteiger partial charge in [-0.25, -0.2) is 0 Å². The largest absolute Gasteiger partial charge is 0.113 e. The van der Waals surface area contributed by atoms with Gasteiger partial charge in [0.2, 0.25) is 0 Å². The predicted molar refractivity (Wildman–Crippen MR) is 132 cm³/mol. The summed E-state index contributed by atoms with van der Waals surface area (Å²) in [5, 5.41) is 3.26. The third-order valence-electron chi connectivity index (χ3n) is 7.47. The molecule has 2 unspecified atom stereocenters. The van der Waals surface area contributed by atoms with Crippen molar-refractivity contribution in [2.75, 3.05) is 0 Å². The molecule has 0 saturated heterocycles. The molecule has 0 N–H and O–H groups in total. The first-order chi connectivity index (χ1) is 13.6. The molecule has 0 fully saturated rings. The Morgan fingerprint density at radius 1 is 0.655 bits per heavy atom. The molecule has 0 bridgehead atoms. The highest BCUT2D eigenvalue weighted by Gasteiger charge is 2.38. The van der Waals surface area contributed by atoms with Crippen molar-refractivity contribution in [2.45, 2.75) is 66.5 Å². The lowest BCUT2D eigenvalue weighted by Crippen LogP contribution is -2.56. The zero-order valence-electron chi connectivity index (χ0n) is 19.4. The van der Waals surface area contributed by atoms with Crippen LogP contribution in [0, 0.1) is 11.8 Å². The SMILES string of the molecule is CC(C)C1=Cc2cccc([Si](C)(C)c3cccc4c3C(C)C(C(C)C)=C4)c2C1C. The van der Waals surface area contributed by atoms with Gasteiger partial charge in [0.25, 0.3) is 0 Å². The summed E-state index contributed by atoms with van der Waals surface area (Å²) in [5.41, 5.74) is 9.31. The van der Waals surface area contributed by atoms with Crippen LogP contribution in [0.4, 0.5) is 0 Å². The van der Waals surface area contributed by atoms with Crippen molar-refractivity contribution in [1.29, 1.82) is 0 Å². The van der Waals surface area contributed by atoms with Crippen molar-refractivity contribution in [3.8, 4) is 0 Å². The second-order valence-corrected chi connectivity index (χ2v) is 14.6. The van der Waals surface area contributed by atoms with Crippen molar-refractivity contribution >= 4 is 30.6 Å². The normalized spacial score (nSPS) is 20.8. The van der Waals surface area contributed by atoms with Gasteiger partial charge in [-0.3, -0.25) is 0 Å². The highest BCUT2D eigenvalue weighted by molar-refractivity contribution is 7.01. The lowest BCUT2D eigenvalue weighted by molar-refractivity contribution is 0.700. The van der Waals surface area contributed by atoms with Gasteiger partial charge in [0.1, 0.15) is 8.07 Å². The summed E-state index contributed by atoms with van der Waals surface area (Å²) >= 11 is 0. The van der Waals surface area contributed by atoms with Crippen molar-refractivity contribution < 1.29 is 0 Å². The van der Waals surface area contributed by atoms with E-state index in [1.54, 1.807) is 32.6 Å².